The molecule has 1 unspecified atom stereocenters. The Hall–Kier alpha value is -0.860. The molecule has 1 atom stereocenters. The van der Waals surface area contributed by atoms with Crippen LogP contribution in [0.4, 0.5) is 0 Å². The molecule has 2 nitrogen and oxygen atoms in total. The second kappa shape index (κ2) is 6.91. The van der Waals surface area contributed by atoms with Crippen LogP contribution in [0, 0.1) is 0 Å². The second-order valence-electron chi connectivity index (χ2n) is 5.57. The van der Waals surface area contributed by atoms with Crippen molar-refractivity contribution in [1.82, 2.24) is 4.90 Å². The standard InChI is InChI=1S/C16H28N2/c1-5-18(14(2)3)16(4,13-17)12-11-15-9-7-6-8-10-15/h6-10,14H,5,11-13,17H2,1-4H3. The van der Waals surface area contributed by atoms with Crippen molar-refractivity contribution in [3.63, 3.8) is 0 Å². The van der Waals surface area contributed by atoms with Crippen LogP contribution in [0.3, 0.4) is 0 Å². The Morgan fingerprint density at radius 3 is 2.28 bits per heavy atom. The summed E-state index contributed by atoms with van der Waals surface area (Å²) in [4.78, 5) is 2.51. The molecule has 0 aromatic heterocycles. The summed E-state index contributed by atoms with van der Waals surface area (Å²) in [6, 6.07) is 11.2. The normalized spacial score (nSPS) is 15.1. The third-order valence-electron chi connectivity index (χ3n) is 3.89. The van der Waals surface area contributed by atoms with Gasteiger partial charge in [-0.15, -0.1) is 0 Å². The number of likely N-dealkylation sites (N-methyl/N-ethyl adjacent to an activating group) is 1. The van der Waals surface area contributed by atoms with E-state index in [1.165, 1.54) is 5.56 Å². The molecule has 0 bridgehead atoms. The van der Waals surface area contributed by atoms with Crippen molar-refractivity contribution >= 4 is 0 Å². The minimum atomic E-state index is 0.0960. The molecular weight excluding hydrogens is 220 g/mol. The highest BCUT2D eigenvalue weighted by molar-refractivity contribution is 5.15. The Morgan fingerprint density at radius 1 is 1.22 bits per heavy atom. The molecule has 1 rings (SSSR count). The molecule has 0 saturated heterocycles. The number of nitrogens with two attached hydrogens (primary N) is 1. The fraction of sp³-hybridized carbons (Fsp3) is 0.625. The maximum atomic E-state index is 6.04. The Balaban J connectivity index is 2.70. The molecule has 2 heteroatoms. The summed E-state index contributed by atoms with van der Waals surface area (Å²) in [5.41, 5.74) is 7.54. The van der Waals surface area contributed by atoms with Crippen molar-refractivity contribution in [3.8, 4) is 0 Å². The fourth-order valence-electron chi connectivity index (χ4n) is 2.79. The number of aryl methyl sites for hydroxylation is 1. The molecule has 0 aliphatic rings. The summed E-state index contributed by atoms with van der Waals surface area (Å²) in [6.07, 6.45) is 2.21. The molecule has 0 amide bonds. The van der Waals surface area contributed by atoms with E-state index in [4.69, 9.17) is 5.73 Å². The zero-order valence-electron chi connectivity index (χ0n) is 12.3. The first-order chi connectivity index (χ1) is 8.53. The van der Waals surface area contributed by atoms with Gasteiger partial charge in [0.1, 0.15) is 0 Å². The summed E-state index contributed by atoms with van der Waals surface area (Å²) >= 11 is 0. The van der Waals surface area contributed by atoms with Gasteiger partial charge in [-0.1, -0.05) is 37.3 Å². The summed E-state index contributed by atoms with van der Waals surface area (Å²) in [5, 5.41) is 0. The molecule has 1 aromatic carbocycles. The average molecular weight is 248 g/mol. The largest absolute Gasteiger partial charge is 0.329 e. The maximum Gasteiger partial charge on any atom is 0.0309 e. The third kappa shape index (κ3) is 3.82. The zero-order valence-corrected chi connectivity index (χ0v) is 12.3. The molecule has 18 heavy (non-hydrogen) atoms. The summed E-state index contributed by atoms with van der Waals surface area (Å²) in [6.45, 7) is 10.8. The molecule has 0 heterocycles. The number of hydrogen-bond acceptors (Lipinski definition) is 2. The van der Waals surface area contributed by atoms with Crippen LogP contribution < -0.4 is 5.73 Å². The first-order valence-electron chi connectivity index (χ1n) is 7.04. The number of nitrogens with zero attached hydrogens (tertiary/aromatic N) is 1. The van der Waals surface area contributed by atoms with Gasteiger partial charge in [0, 0.05) is 18.1 Å². The van der Waals surface area contributed by atoms with Gasteiger partial charge in [-0.3, -0.25) is 4.90 Å². The van der Waals surface area contributed by atoms with Gasteiger partial charge in [0.05, 0.1) is 0 Å². The van der Waals surface area contributed by atoms with Crippen LogP contribution in [0.1, 0.15) is 39.7 Å². The first-order valence-corrected chi connectivity index (χ1v) is 7.04. The van der Waals surface area contributed by atoms with Gasteiger partial charge in [0.15, 0.2) is 0 Å². The highest BCUT2D eigenvalue weighted by atomic mass is 15.2. The molecular formula is C16H28N2. The molecule has 0 fully saturated rings. The monoisotopic (exact) mass is 248 g/mol. The lowest BCUT2D eigenvalue weighted by molar-refractivity contribution is 0.0749. The average Bonchev–Trinajstić information content (AvgIpc) is 2.38. The molecule has 0 saturated carbocycles. The lowest BCUT2D eigenvalue weighted by atomic mass is 9.90. The predicted molar refractivity (Wildman–Crippen MR) is 79.7 cm³/mol. The number of benzene rings is 1. The van der Waals surface area contributed by atoms with Crippen LogP contribution in [0.15, 0.2) is 30.3 Å². The van der Waals surface area contributed by atoms with E-state index in [9.17, 15) is 0 Å². The molecule has 0 radical (unpaired) electrons. The van der Waals surface area contributed by atoms with Crippen LogP contribution in [0.2, 0.25) is 0 Å². The number of rotatable bonds is 7. The Labute approximate surface area is 112 Å². The second-order valence-corrected chi connectivity index (χ2v) is 5.57. The summed E-state index contributed by atoms with van der Waals surface area (Å²) < 4.78 is 0. The molecule has 102 valence electrons. The van der Waals surface area contributed by atoms with Gasteiger partial charge in [-0.05, 0) is 45.7 Å². The Bertz CT molecular complexity index is 334. The molecule has 0 aliphatic heterocycles. The minimum Gasteiger partial charge on any atom is -0.329 e. The van der Waals surface area contributed by atoms with Crippen molar-refractivity contribution in [2.24, 2.45) is 5.73 Å². The van der Waals surface area contributed by atoms with E-state index in [1.54, 1.807) is 0 Å². The van der Waals surface area contributed by atoms with Gasteiger partial charge in [0.25, 0.3) is 0 Å². The first kappa shape index (κ1) is 15.2. The Kier molecular flexibility index (Phi) is 5.83. The molecule has 2 N–H and O–H groups in total. The maximum absolute atomic E-state index is 6.04. The van der Waals surface area contributed by atoms with Crippen molar-refractivity contribution in [1.29, 1.82) is 0 Å². The van der Waals surface area contributed by atoms with Crippen molar-refractivity contribution < 1.29 is 0 Å². The smallest absolute Gasteiger partial charge is 0.0309 e. The fourth-order valence-corrected chi connectivity index (χ4v) is 2.79. The van der Waals surface area contributed by atoms with Crippen LogP contribution in [0.25, 0.3) is 0 Å². The molecule has 0 spiro atoms. The topological polar surface area (TPSA) is 29.3 Å². The van der Waals surface area contributed by atoms with E-state index >= 15 is 0 Å². The van der Waals surface area contributed by atoms with E-state index in [1.807, 2.05) is 0 Å². The summed E-state index contributed by atoms with van der Waals surface area (Å²) in [5.74, 6) is 0. The van der Waals surface area contributed by atoms with Gasteiger partial charge in [0.2, 0.25) is 0 Å². The van der Waals surface area contributed by atoms with E-state index in [-0.39, 0.29) is 5.54 Å². The Morgan fingerprint density at radius 2 is 1.83 bits per heavy atom. The van der Waals surface area contributed by atoms with Crippen LogP contribution >= 0.6 is 0 Å². The highest BCUT2D eigenvalue weighted by Gasteiger charge is 2.30. The van der Waals surface area contributed by atoms with Crippen LogP contribution in [-0.2, 0) is 6.42 Å². The molecule has 0 aliphatic carbocycles. The van der Waals surface area contributed by atoms with Crippen LogP contribution in [-0.4, -0.2) is 29.6 Å². The predicted octanol–water partition coefficient (Wildman–Crippen LogP) is 3.07. The zero-order chi connectivity index (χ0) is 13.6. The highest BCUT2D eigenvalue weighted by Crippen LogP contribution is 2.23. The summed E-state index contributed by atoms with van der Waals surface area (Å²) in [7, 11) is 0. The van der Waals surface area contributed by atoms with Crippen molar-refractivity contribution in [3.05, 3.63) is 35.9 Å². The quantitative estimate of drug-likeness (QED) is 0.803. The van der Waals surface area contributed by atoms with E-state index < -0.39 is 0 Å². The number of hydrogen-bond donors (Lipinski definition) is 1. The lowest BCUT2D eigenvalue weighted by Gasteiger charge is -2.43. The van der Waals surface area contributed by atoms with E-state index in [2.05, 4.69) is 62.9 Å². The van der Waals surface area contributed by atoms with Gasteiger partial charge >= 0.3 is 0 Å². The van der Waals surface area contributed by atoms with Gasteiger partial charge in [-0.2, -0.15) is 0 Å². The van der Waals surface area contributed by atoms with Gasteiger partial charge in [-0.25, -0.2) is 0 Å². The van der Waals surface area contributed by atoms with Crippen molar-refractivity contribution in [2.75, 3.05) is 13.1 Å². The minimum absolute atomic E-state index is 0.0960. The molecule has 1 aromatic rings. The van der Waals surface area contributed by atoms with E-state index in [0.717, 1.165) is 19.4 Å². The van der Waals surface area contributed by atoms with Gasteiger partial charge < -0.3 is 5.73 Å². The SMILES string of the molecule is CCN(C(C)C)C(C)(CN)CCc1ccccc1. The lowest BCUT2D eigenvalue weighted by Crippen LogP contribution is -2.54. The van der Waals surface area contributed by atoms with Crippen LogP contribution in [0.5, 0.6) is 0 Å². The van der Waals surface area contributed by atoms with E-state index in [0.29, 0.717) is 12.6 Å². The third-order valence-corrected chi connectivity index (χ3v) is 3.89. The van der Waals surface area contributed by atoms with Crippen molar-refractivity contribution in [2.45, 2.75) is 52.1 Å².